The molecule has 0 amide bonds. The molecule has 2 rings (SSSR count). The molecule has 0 N–H and O–H groups in total. The van der Waals surface area contributed by atoms with Gasteiger partial charge in [-0.1, -0.05) is 18.5 Å². The van der Waals surface area contributed by atoms with E-state index >= 15 is 0 Å². The van der Waals surface area contributed by atoms with Crippen LogP contribution in [0.25, 0.3) is 0 Å². The summed E-state index contributed by atoms with van der Waals surface area (Å²) in [4.78, 5) is 13.9. The molecule has 1 aromatic carbocycles. The number of carbonyl (C=O) groups is 1. The molecule has 0 radical (unpaired) electrons. The first kappa shape index (κ1) is 13.2. The smallest absolute Gasteiger partial charge is 0.139 e. The summed E-state index contributed by atoms with van der Waals surface area (Å²) in [7, 11) is 1.64. The fourth-order valence-corrected chi connectivity index (χ4v) is 2.61. The summed E-state index contributed by atoms with van der Waals surface area (Å²) < 4.78 is 5.23. The van der Waals surface area contributed by atoms with Gasteiger partial charge < -0.3 is 9.64 Å². The number of nitrogens with zero attached hydrogens (tertiary/aromatic N) is 1. The topological polar surface area (TPSA) is 29.5 Å². The van der Waals surface area contributed by atoms with Gasteiger partial charge in [0, 0.05) is 31.0 Å². The Morgan fingerprint density at radius 3 is 2.78 bits per heavy atom. The number of Topliss-reactive ketones (excluding diaryl/α,β-unsaturated/α-hetero) is 1. The molecule has 0 aromatic heterocycles. The summed E-state index contributed by atoms with van der Waals surface area (Å²) >= 11 is 6.25. The number of carbonyl (C=O) groups excluding carboxylic acids is 1. The van der Waals surface area contributed by atoms with E-state index in [4.69, 9.17) is 16.3 Å². The minimum Gasteiger partial charge on any atom is -0.497 e. The lowest BCUT2D eigenvalue weighted by Gasteiger charge is -2.39. The Bertz CT molecular complexity index is 461. The van der Waals surface area contributed by atoms with Crippen LogP contribution in [0.1, 0.15) is 20.3 Å². The van der Waals surface area contributed by atoms with E-state index in [1.54, 1.807) is 7.11 Å². The molecule has 1 aliphatic rings. The summed E-state index contributed by atoms with van der Waals surface area (Å²) in [5.41, 5.74) is 0.947. The largest absolute Gasteiger partial charge is 0.497 e. The number of hydrogen-bond acceptors (Lipinski definition) is 3. The molecule has 1 aliphatic heterocycles. The third-order valence-corrected chi connectivity index (χ3v) is 4.10. The van der Waals surface area contributed by atoms with E-state index in [1.165, 1.54) is 0 Å². The number of benzene rings is 1. The standard InChI is InChI=1S/C14H18ClNO2/c1-9-10(2)16(7-6-14(9)17)13-8-11(18-3)4-5-12(13)15/h4-5,8-10H,6-7H2,1-3H3. The highest BCUT2D eigenvalue weighted by Gasteiger charge is 2.31. The zero-order valence-electron chi connectivity index (χ0n) is 10.9. The fourth-order valence-electron chi connectivity index (χ4n) is 2.38. The monoisotopic (exact) mass is 267 g/mol. The first-order chi connectivity index (χ1) is 8.54. The molecule has 1 fully saturated rings. The van der Waals surface area contributed by atoms with E-state index < -0.39 is 0 Å². The van der Waals surface area contributed by atoms with E-state index in [2.05, 4.69) is 11.8 Å². The van der Waals surface area contributed by atoms with Crippen LogP contribution in [0.4, 0.5) is 5.69 Å². The maximum absolute atomic E-state index is 11.7. The van der Waals surface area contributed by atoms with Crippen LogP contribution >= 0.6 is 11.6 Å². The van der Waals surface area contributed by atoms with Crippen LogP contribution in [0.5, 0.6) is 5.75 Å². The summed E-state index contributed by atoms with van der Waals surface area (Å²) in [5, 5.41) is 0.698. The predicted octanol–water partition coefficient (Wildman–Crippen LogP) is 3.15. The number of ether oxygens (including phenoxy) is 1. The van der Waals surface area contributed by atoms with Gasteiger partial charge in [0.05, 0.1) is 17.8 Å². The van der Waals surface area contributed by atoms with Gasteiger partial charge in [-0.3, -0.25) is 4.79 Å². The predicted molar refractivity (Wildman–Crippen MR) is 73.6 cm³/mol. The van der Waals surface area contributed by atoms with Gasteiger partial charge in [-0.15, -0.1) is 0 Å². The number of ketones is 1. The van der Waals surface area contributed by atoms with Gasteiger partial charge in [-0.25, -0.2) is 0 Å². The van der Waals surface area contributed by atoms with Crippen molar-refractivity contribution in [2.75, 3.05) is 18.6 Å². The second-order valence-corrected chi connectivity index (χ2v) is 5.16. The van der Waals surface area contributed by atoms with Gasteiger partial charge >= 0.3 is 0 Å². The minimum absolute atomic E-state index is 0.0426. The van der Waals surface area contributed by atoms with Crippen LogP contribution in [0.15, 0.2) is 18.2 Å². The van der Waals surface area contributed by atoms with Crippen molar-refractivity contribution in [2.45, 2.75) is 26.3 Å². The van der Waals surface area contributed by atoms with Crippen molar-refractivity contribution in [3.63, 3.8) is 0 Å². The van der Waals surface area contributed by atoms with Crippen LogP contribution in [0, 0.1) is 5.92 Å². The van der Waals surface area contributed by atoms with Crippen LogP contribution in [-0.4, -0.2) is 25.5 Å². The Kier molecular flexibility index (Phi) is 3.81. The van der Waals surface area contributed by atoms with E-state index in [0.29, 0.717) is 17.2 Å². The van der Waals surface area contributed by atoms with E-state index in [0.717, 1.165) is 18.0 Å². The molecule has 1 aromatic rings. The van der Waals surface area contributed by atoms with Gasteiger partial charge in [0.15, 0.2) is 0 Å². The first-order valence-corrected chi connectivity index (χ1v) is 6.55. The lowest BCUT2D eigenvalue weighted by molar-refractivity contribution is -0.123. The summed E-state index contributed by atoms with van der Waals surface area (Å²) in [6.07, 6.45) is 0.582. The number of methoxy groups -OCH3 is 1. The Hall–Kier alpha value is -1.22. The lowest BCUT2D eigenvalue weighted by Crippen LogP contribution is -2.47. The van der Waals surface area contributed by atoms with Crippen LogP contribution in [-0.2, 0) is 4.79 Å². The number of rotatable bonds is 2. The highest BCUT2D eigenvalue weighted by atomic mass is 35.5. The molecule has 2 atom stereocenters. The second-order valence-electron chi connectivity index (χ2n) is 4.76. The Morgan fingerprint density at radius 2 is 2.11 bits per heavy atom. The molecule has 0 spiro atoms. The quantitative estimate of drug-likeness (QED) is 0.824. The minimum atomic E-state index is 0.0426. The van der Waals surface area contributed by atoms with Crippen molar-refractivity contribution >= 4 is 23.1 Å². The molecule has 1 saturated heterocycles. The third kappa shape index (κ3) is 2.32. The highest BCUT2D eigenvalue weighted by molar-refractivity contribution is 6.33. The van der Waals surface area contributed by atoms with Crippen LogP contribution in [0.3, 0.4) is 0 Å². The van der Waals surface area contributed by atoms with Crippen LogP contribution < -0.4 is 9.64 Å². The third-order valence-electron chi connectivity index (χ3n) is 3.78. The molecule has 98 valence electrons. The first-order valence-electron chi connectivity index (χ1n) is 6.17. The van der Waals surface area contributed by atoms with E-state index in [1.807, 2.05) is 25.1 Å². The average molecular weight is 268 g/mol. The van der Waals surface area contributed by atoms with Gasteiger partial charge in [0.1, 0.15) is 11.5 Å². The number of halogens is 1. The number of anilines is 1. The molecule has 0 bridgehead atoms. The molecule has 1 heterocycles. The number of hydrogen-bond donors (Lipinski definition) is 0. The van der Waals surface area contributed by atoms with Crippen molar-refractivity contribution in [1.82, 2.24) is 0 Å². The number of piperidine rings is 1. The molecular weight excluding hydrogens is 250 g/mol. The summed E-state index contributed by atoms with van der Waals surface area (Å²) in [6, 6.07) is 5.77. The Balaban J connectivity index is 2.33. The zero-order chi connectivity index (χ0) is 13.3. The SMILES string of the molecule is COc1ccc(Cl)c(N2CCC(=O)C(C)C2C)c1. The van der Waals surface area contributed by atoms with Crippen molar-refractivity contribution in [3.05, 3.63) is 23.2 Å². The molecule has 18 heavy (non-hydrogen) atoms. The molecule has 0 aliphatic carbocycles. The second kappa shape index (κ2) is 5.19. The van der Waals surface area contributed by atoms with Crippen molar-refractivity contribution < 1.29 is 9.53 Å². The van der Waals surface area contributed by atoms with Gasteiger partial charge in [0.25, 0.3) is 0 Å². The van der Waals surface area contributed by atoms with E-state index in [-0.39, 0.29) is 12.0 Å². The van der Waals surface area contributed by atoms with Crippen molar-refractivity contribution in [3.8, 4) is 5.75 Å². The molecule has 2 unspecified atom stereocenters. The fraction of sp³-hybridized carbons (Fsp3) is 0.500. The average Bonchev–Trinajstić information content (AvgIpc) is 2.37. The maximum Gasteiger partial charge on any atom is 0.139 e. The van der Waals surface area contributed by atoms with Crippen molar-refractivity contribution in [2.24, 2.45) is 5.92 Å². The summed E-state index contributed by atoms with van der Waals surface area (Å²) in [6.45, 7) is 4.77. The normalized spacial score (nSPS) is 24.2. The van der Waals surface area contributed by atoms with E-state index in [9.17, 15) is 4.79 Å². The van der Waals surface area contributed by atoms with Crippen molar-refractivity contribution in [1.29, 1.82) is 0 Å². The Labute approximate surface area is 113 Å². The Morgan fingerprint density at radius 1 is 1.39 bits per heavy atom. The molecule has 4 heteroatoms. The maximum atomic E-state index is 11.7. The molecule has 0 saturated carbocycles. The highest BCUT2D eigenvalue weighted by Crippen LogP contribution is 2.34. The van der Waals surface area contributed by atoms with Gasteiger partial charge in [0.2, 0.25) is 0 Å². The molecule has 3 nitrogen and oxygen atoms in total. The zero-order valence-corrected chi connectivity index (χ0v) is 11.7. The van der Waals surface area contributed by atoms with Crippen LogP contribution in [0.2, 0.25) is 5.02 Å². The molecular formula is C14H18ClNO2. The van der Waals surface area contributed by atoms with Gasteiger partial charge in [-0.2, -0.15) is 0 Å². The summed E-state index contributed by atoms with van der Waals surface area (Å²) in [5.74, 6) is 1.16. The lowest BCUT2D eigenvalue weighted by atomic mass is 9.90. The van der Waals surface area contributed by atoms with Gasteiger partial charge in [-0.05, 0) is 19.1 Å².